The number of carbonyl (C=O) groups excluding carboxylic acids is 2. The molecule has 0 aliphatic carbocycles. The Morgan fingerprint density at radius 2 is 1.88 bits per heavy atom. The van der Waals surface area contributed by atoms with Crippen LogP contribution in [0, 0.1) is 5.82 Å². The standard InChI is InChI=1S/C17H15FN2O4/c1-23-17(22)13-8-6-12(7-9-13)10-19-20-16(21)11-24-15-5-3-2-4-14(15)18/h2-10H,11H2,1H3,(H,20,21)/b19-10-. The molecule has 0 saturated heterocycles. The number of nitrogens with one attached hydrogen (secondary N) is 1. The highest BCUT2D eigenvalue weighted by Gasteiger charge is 2.05. The summed E-state index contributed by atoms with van der Waals surface area (Å²) in [6.07, 6.45) is 1.40. The van der Waals surface area contributed by atoms with Gasteiger partial charge in [0.15, 0.2) is 18.2 Å². The van der Waals surface area contributed by atoms with E-state index in [0.717, 1.165) is 0 Å². The fraction of sp³-hybridized carbons (Fsp3) is 0.118. The van der Waals surface area contributed by atoms with Gasteiger partial charge in [0.1, 0.15) is 0 Å². The third-order valence-corrected chi connectivity index (χ3v) is 2.93. The van der Waals surface area contributed by atoms with Gasteiger partial charge in [-0.05, 0) is 29.8 Å². The normalized spacial score (nSPS) is 10.4. The van der Waals surface area contributed by atoms with Crippen molar-refractivity contribution in [3.8, 4) is 5.75 Å². The Hall–Kier alpha value is -3.22. The van der Waals surface area contributed by atoms with E-state index < -0.39 is 17.7 Å². The Morgan fingerprint density at radius 3 is 2.54 bits per heavy atom. The monoisotopic (exact) mass is 330 g/mol. The van der Waals surface area contributed by atoms with Crippen LogP contribution in [-0.4, -0.2) is 31.8 Å². The highest BCUT2D eigenvalue weighted by molar-refractivity contribution is 5.90. The average molecular weight is 330 g/mol. The molecular formula is C17H15FN2O4. The molecule has 7 heteroatoms. The number of amides is 1. The van der Waals surface area contributed by atoms with Crippen LogP contribution in [0.2, 0.25) is 0 Å². The second-order valence-corrected chi connectivity index (χ2v) is 4.63. The second kappa shape index (κ2) is 8.42. The maximum absolute atomic E-state index is 13.3. The molecule has 2 rings (SSSR count). The summed E-state index contributed by atoms with van der Waals surface area (Å²) in [6.45, 7) is -0.362. The summed E-state index contributed by atoms with van der Waals surface area (Å²) in [5.74, 6) is -1.51. The number of methoxy groups -OCH3 is 1. The molecule has 0 saturated carbocycles. The fourth-order valence-electron chi connectivity index (χ4n) is 1.74. The molecule has 1 N–H and O–H groups in total. The number of hydrogen-bond acceptors (Lipinski definition) is 5. The first-order valence-corrected chi connectivity index (χ1v) is 6.98. The predicted molar refractivity (Wildman–Crippen MR) is 85.4 cm³/mol. The van der Waals surface area contributed by atoms with Crippen LogP contribution in [0.25, 0.3) is 0 Å². The van der Waals surface area contributed by atoms with Gasteiger partial charge in [0.2, 0.25) is 0 Å². The first-order chi connectivity index (χ1) is 11.6. The summed E-state index contributed by atoms with van der Waals surface area (Å²) in [4.78, 5) is 22.9. The quantitative estimate of drug-likeness (QED) is 0.500. The highest BCUT2D eigenvalue weighted by Crippen LogP contribution is 2.14. The third-order valence-electron chi connectivity index (χ3n) is 2.93. The molecule has 2 aromatic carbocycles. The molecule has 2 aromatic rings. The van der Waals surface area contributed by atoms with Gasteiger partial charge in [-0.1, -0.05) is 24.3 Å². The summed E-state index contributed by atoms with van der Waals surface area (Å²) >= 11 is 0. The zero-order valence-electron chi connectivity index (χ0n) is 12.9. The van der Waals surface area contributed by atoms with Crippen LogP contribution in [0.5, 0.6) is 5.75 Å². The van der Waals surface area contributed by atoms with Crippen molar-refractivity contribution in [1.82, 2.24) is 5.43 Å². The molecule has 0 radical (unpaired) electrons. The van der Waals surface area contributed by atoms with Crippen molar-refractivity contribution in [2.45, 2.75) is 0 Å². The van der Waals surface area contributed by atoms with E-state index >= 15 is 0 Å². The predicted octanol–water partition coefficient (Wildman–Crippen LogP) is 2.14. The van der Waals surface area contributed by atoms with E-state index in [-0.39, 0.29) is 12.4 Å². The Kier molecular flexibility index (Phi) is 6.01. The van der Waals surface area contributed by atoms with Crippen LogP contribution < -0.4 is 10.2 Å². The number of halogens is 1. The highest BCUT2D eigenvalue weighted by atomic mass is 19.1. The molecule has 24 heavy (non-hydrogen) atoms. The first kappa shape index (κ1) is 17.1. The van der Waals surface area contributed by atoms with Gasteiger partial charge < -0.3 is 9.47 Å². The smallest absolute Gasteiger partial charge is 0.337 e. The van der Waals surface area contributed by atoms with E-state index in [1.807, 2.05) is 0 Å². The second-order valence-electron chi connectivity index (χ2n) is 4.63. The molecule has 0 heterocycles. The number of nitrogens with zero attached hydrogens (tertiary/aromatic N) is 1. The summed E-state index contributed by atoms with van der Waals surface area (Å²) in [5, 5.41) is 3.76. The van der Waals surface area contributed by atoms with Crippen molar-refractivity contribution in [2.75, 3.05) is 13.7 Å². The molecule has 0 fully saturated rings. The lowest BCUT2D eigenvalue weighted by Crippen LogP contribution is -2.24. The van der Waals surface area contributed by atoms with Gasteiger partial charge in [-0.15, -0.1) is 0 Å². The van der Waals surface area contributed by atoms with Gasteiger partial charge in [-0.25, -0.2) is 14.6 Å². The zero-order chi connectivity index (χ0) is 17.4. The maximum Gasteiger partial charge on any atom is 0.337 e. The van der Waals surface area contributed by atoms with Gasteiger partial charge >= 0.3 is 5.97 Å². The van der Waals surface area contributed by atoms with Gasteiger partial charge in [-0.2, -0.15) is 5.10 Å². The lowest BCUT2D eigenvalue weighted by atomic mass is 10.1. The number of hydrazone groups is 1. The maximum atomic E-state index is 13.3. The van der Waals surface area contributed by atoms with Crippen molar-refractivity contribution >= 4 is 18.1 Å². The van der Waals surface area contributed by atoms with Crippen LogP contribution >= 0.6 is 0 Å². The van der Waals surface area contributed by atoms with Gasteiger partial charge in [0, 0.05) is 0 Å². The van der Waals surface area contributed by atoms with Crippen LogP contribution in [0.15, 0.2) is 53.6 Å². The largest absolute Gasteiger partial charge is 0.481 e. The number of para-hydroxylation sites is 1. The molecule has 0 bridgehead atoms. The first-order valence-electron chi connectivity index (χ1n) is 6.98. The van der Waals surface area contributed by atoms with Crippen LogP contribution in [0.1, 0.15) is 15.9 Å². The minimum absolute atomic E-state index is 0.00460. The van der Waals surface area contributed by atoms with E-state index in [2.05, 4.69) is 15.3 Å². The molecule has 0 aliphatic rings. The minimum Gasteiger partial charge on any atom is -0.481 e. The SMILES string of the molecule is COC(=O)c1ccc(/C=N\NC(=O)COc2ccccc2F)cc1. The number of esters is 1. The van der Waals surface area contributed by atoms with Crippen molar-refractivity contribution in [1.29, 1.82) is 0 Å². The third kappa shape index (κ3) is 4.91. The molecule has 0 atom stereocenters. The van der Waals surface area contributed by atoms with E-state index in [0.29, 0.717) is 11.1 Å². The summed E-state index contributed by atoms with van der Waals surface area (Å²) in [6, 6.07) is 12.3. The van der Waals surface area contributed by atoms with E-state index in [1.165, 1.54) is 31.5 Å². The zero-order valence-corrected chi connectivity index (χ0v) is 12.9. The molecule has 0 aromatic heterocycles. The van der Waals surface area contributed by atoms with Crippen molar-refractivity contribution in [3.05, 3.63) is 65.5 Å². The average Bonchev–Trinajstić information content (AvgIpc) is 2.61. The topological polar surface area (TPSA) is 77.0 Å². The number of rotatable bonds is 6. The number of benzene rings is 2. The molecule has 0 aliphatic heterocycles. The van der Waals surface area contributed by atoms with Crippen LogP contribution in [0.4, 0.5) is 4.39 Å². The van der Waals surface area contributed by atoms with Crippen molar-refractivity contribution in [2.24, 2.45) is 5.10 Å². The Bertz CT molecular complexity index is 745. The van der Waals surface area contributed by atoms with E-state index in [4.69, 9.17) is 4.74 Å². The van der Waals surface area contributed by atoms with Crippen molar-refractivity contribution < 1.29 is 23.5 Å². The molecule has 6 nitrogen and oxygen atoms in total. The molecule has 0 unspecified atom stereocenters. The Balaban J connectivity index is 1.82. The molecule has 1 amide bonds. The van der Waals surface area contributed by atoms with Crippen LogP contribution in [0.3, 0.4) is 0 Å². The molecule has 124 valence electrons. The fourth-order valence-corrected chi connectivity index (χ4v) is 1.74. The van der Waals surface area contributed by atoms with Crippen LogP contribution in [-0.2, 0) is 9.53 Å². The Morgan fingerprint density at radius 1 is 1.17 bits per heavy atom. The lowest BCUT2D eigenvalue weighted by Gasteiger charge is -2.05. The van der Waals surface area contributed by atoms with Gasteiger partial charge in [-0.3, -0.25) is 4.79 Å². The number of hydrogen-bond donors (Lipinski definition) is 1. The summed E-state index contributed by atoms with van der Waals surface area (Å²) in [5.41, 5.74) is 3.35. The van der Waals surface area contributed by atoms with E-state index in [9.17, 15) is 14.0 Å². The molecular weight excluding hydrogens is 315 g/mol. The number of carbonyl (C=O) groups is 2. The molecule has 0 spiro atoms. The van der Waals surface area contributed by atoms with E-state index in [1.54, 1.807) is 30.3 Å². The summed E-state index contributed by atoms with van der Waals surface area (Å²) in [7, 11) is 1.30. The van der Waals surface area contributed by atoms with Gasteiger partial charge in [0.05, 0.1) is 18.9 Å². The minimum atomic E-state index is -0.542. The van der Waals surface area contributed by atoms with Gasteiger partial charge in [0.25, 0.3) is 5.91 Å². The Labute approximate surface area is 137 Å². The van der Waals surface area contributed by atoms with Crippen molar-refractivity contribution in [3.63, 3.8) is 0 Å². The number of ether oxygens (including phenoxy) is 2. The lowest BCUT2D eigenvalue weighted by molar-refractivity contribution is -0.123. The summed E-state index contributed by atoms with van der Waals surface area (Å²) < 4.78 is 22.9.